The molecular formula is C28H24N8O. The van der Waals surface area contributed by atoms with Crippen molar-refractivity contribution >= 4 is 11.0 Å². The lowest BCUT2D eigenvalue weighted by Crippen LogP contribution is -2.16. The summed E-state index contributed by atoms with van der Waals surface area (Å²) in [6, 6.07) is 25.9. The third-order valence-corrected chi connectivity index (χ3v) is 6.42. The number of fused-ring (bicyclic) bond motifs is 1. The summed E-state index contributed by atoms with van der Waals surface area (Å²) in [5, 5.41) is 21.7. The third-order valence-electron chi connectivity index (χ3n) is 6.42. The Morgan fingerprint density at radius 2 is 1.54 bits per heavy atom. The lowest BCUT2D eigenvalue weighted by molar-refractivity contribution is 0.682. The van der Waals surface area contributed by atoms with E-state index < -0.39 is 0 Å². The van der Waals surface area contributed by atoms with Crippen LogP contribution in [-0.2, 0) is 6.54 Å². The van der Waals surface area contributed by atoms with Crippen molar-refractivity contribution in [3.05, 3.63) is 101 Å². The molecule has 0 amide bonds. The first-order valence-electron chi connectivity index (χ1n) is 12.1. The number of tetrazole rings is 1. The van der Waals surface area contributed by atoms with Crippen LogP contribution in [0, 0.1) is 0 Å². The molecule has 0 aliphatic carbocycles. The van der Waals surface area contributed by atoms with Gasteiger partial charge >= 0.3 is 0 Å². The molecule has 0 fully saturated rings. The molecule has 0 unspecified atom stereocenters. The maximum absolute atomic E-state index is 13.2. The number of H-pyrrole nitrogens is 2. The maximum atomic E-state index is 13.2. The Morgan fingerprint density at radius 1 is 0.838 bits per heavy atom. The predicted molar refractivity (Wildman–Crippen MR) is 142 cm³/mol. The van der Waals surface area contributed by atoms with Gasteiger partial charge in [-0.25, -0.2) is 10.1 Å². The van der Waals surface area contributed by atoms with Crippen molar-refractivity contribution in [3.63, 3.8) is 0 Å². The van der Waals surface area contributed by atoms with Crippen LogP contribution in [0.3, 0.4) is 0 Å². The van der Waals surface area contributed by atoms with Crippen LogP contribution in [-0.4, -0.2) is 40.4 Å². The van der Waals surface area contributed by atoms with Gasteiger partial charge < -0.3 is 4.57 Å². The van der Waals surface area contributed by atoms with Gasteiger partial charge in [-0.3, -0.25) is 4.79 Å². The fourth-order valence-corrected chi connectivity index (χ4v) is 4.76. The Hall–Kier alpha value is -4.92. The average Bonchev–Trinajstić information content (AvgIpc) is 3.59. The molecule has 0 spiro atoms. The second kappa shape index (κ2) is 9.27. The number of aromatic amines is 2. The Labute approximate surface area is 212 Å². The number of hydrogen-bond acceptors (Lipinski definition) is 6. The normalized spacial score (nSPS) is 11.4. The molecule has 6 rings (SSSR count). The van der Waals surface area contributed by atoms with E-state index in [2.05, 4.69) is 56.8 Å². The van der Waals surface area contributed by atoms with E-state index in [0.29, 0.717) is 29.1 Å². The molecular weight excluding hydrogens is 464 g/mol. The highest BCUT2D eigenvalue weighted by atomic mass is 16.1. The van der Waals surface area contributed by atoms with E-state index in [1.165, 1.54) is 0 Å². The molecule has 3 aromatic heterocycles. The molecule has 182 valence electrons. The molecule has 0 aliphatic heterocycles. The number of imidazole rings is 1. The van der Waals surface area contributed by atoms with Gasteiger partial charge in [-0.2, -0.15) is 10.3 Å². The number of aromatic nitrogens is 8. The third kappa shape index (κ3) is 4.00. The number of rotatable bonds is 6. The zero-order valence-corrected chi connectivity index (χ0v) is 20.4. The molecule has 9 heteroatoms. The Bertz CT molecular complexity index is 1750. The van der Waals surface area contributed by atoms with Crippen LogP contribution in [0.25, 0.3) is 44.8 Å². The largest absolute Gasteiger partial charge is 0.319 e. The van der Waals surface area contributed by atoms with Crippen LogP contribution >= 0.6 is 0 Å². The van der Waals surface area contributed by atoms with Gasteiger partial charge in [-0.1, -0.05) is 92.7 Å². The van der Waals surface area contributed by atoms with E-state index in [1.807, 2.05) is 71.3 Å². The van der Waals surface area contributed by atoms with Gasteiger partial charge in [0.15, 0.2) is 0 Å². The topological polar surface area (TPSA) is 118 Å². The first-order valence-corrected chi connectivity index (χ1v) is 12.1. The highest BCUT2D eigenvalue weighted by Crippen LogP contribution is 2.34. The molecule has 6 aromatic rings. The minimum Gasteiger partial charge on any atom is -0.319 e. The highest BCUT2D eigenvalue weighted by Gasteiger charge is 2.22. The van der Waals surface area contributed by atoms with Crippen LogP contribution in [0.4, 0.5) is 0 Å². The smallest absolute Gasteiger partial charge is 0.290 e. The summed E-state index contributed by atoms with van der Waals surface area (Å²) in [6.07, 6.45) is 0. The zero-order valence-electron chi connectivity index (χ0n) is 20.4. The van der Waals surface area contributed by atoms with Gasteiger partial charge in [0.2, 0.25) is 5.82 Å². The minimum atomic E-state index is -0.265. The molecule has 0 radical (unpaired) electrons. The van der Waals surface area contributed by atoms with Crippen molar-refractivity contribution < 1.29 is 0 Å². The number of nitrogens with zero attached hydrogens (tertiary/aromatic N) is 6. The van der Waals surface area contributed by atoms with Crippen molar-refractivity contribution in [1.82, 2.24) is 40.4 Å². The summed E-state index contributed by atoms with van der Waals surface area (Å²) in [6.45, 7) is 4.63. The summed E-state index contributed by atoms with van der Waals surface area (Å²) in [5.41, 5.74) is 6.32. The van der Waals surface area contributed by atoms with Crippen molar-refractivity contribution in [1.29, 1.82) is 0 Å². The lowest BCUT2D eigenvalue weighted by Gasteiger charge is -2.16. The SMILES string of the molecule is CC(C)c1nc2c(-c3ccccc3)n[nH]c(=O)c2n1Cc1ccccc1-c1ccccc1-c1nn[nH]n1. The lowest BCUT2D eigenvalue weighted by atomic mass is 9.95. The molecule has 3 aromatic carbocycles. The van der Waals surface area contributed by atoms with Crippen LogP contribution in [0.5, 0.6) is 0 Å². The van der Waals surface area contributed by atoms with Crippen molar-refractivity contribution in [2.75, 3.05) is 0 Å². The number of benzene rings is 3. The van der Waals surface area contributed by atoms with E-state index in [-0.39, 0.29) is 11.5 Å². The van der Waals surface area contributed by atoms with Gasteiger partial charge in [0.05, 0.1) is 6.54 Å². The number of hydrogen-bond donors (Lipinski definition) is 2. The van der Waals surface area contributed by atoms with Crippen LogP contribution < -0.4 is 5.56 Å². The molecule has 2 N–H and O–H groups in total. The second-order valence-electron chi connectivity index (χ2n) is 9.11. The Morgan fingerprint density at radius 3 is 2.27 bits per heavy atom. The van der Waals surface area contributed by atoms with Crippen LogP contribution in [0.1, 0.15) is 31.2 Å². The molecule has 0 saturated carbocycles. The highest BCUT2D eigenvalue weighted by molar-refractivity contribution is 5.89. The van der Waals surface area contributed by atoms with Gasteiger partial charge in [0, 0.05) is 17.0 Å². The second-order valence-corrected chi connectivity index (χ2v) is 9.11. The molecule has 9 nitrogen and oxygen atoms in total. The van der Waals surface area contributed by atoms with E-state index >= 15 is 0 Å². The molecule has 3 heterocycles. The standard InChI is InChI=1S/C28H24N8O/c1-17(2)27-29-24-23(18-10-4-3-5-11-18)30-33-28(37)25(24)36(27)16-19-12-6-7-13-20(19)21-14-8-9-15-22(21)26-31-34-35-32-26/h3-15,17H,16H2,1-2H3,(H,33,37)(H,31,32,34,35). The molecule has 0 atom stereocenters. The van der Waals surface area contributed by atoms with Gasteiger partial charge in [-0.05, 0) is 21.9 Å². The monoisotopic (exact) mass is 488 g/mol. The summed E-state index contributed by atoms with van der Waals surface area (Å²) >= 11 is 0. The molecule has 0 bridgehead atoms. The minimum absolute atomic E-state index is 0.0919. The molecule has 0 saturated heterocycles. The van der Waals surface area contributed by atoms with Gasteiger partial charge in [-0.15, -0.1) is 10.2 Å². The molecule has 37 heavy (non-hydrogen) atoms. The van der Waals surface area contributed by atoms with E-state index in [1.54, 1.807) is 0 Å². The van der Waals surface area contributed by atoms with E-state index in [9.17, 15) is 4.79 Å². The zero-order chi connectivity index (χ0) is 25.4. The molecule has 0 aliphatic rings. The van der Waals surface area contributed by atoms with E-state index in [0.717, 1.165) is 33.6 Å². The van der Waals surface area contributed by atoms with Gasteiger partial charge in [0.1, 0.15) is 22.6 Å². The predicted octanol–water partition coefficient (Wildman–Crippen LogP) is 4.81. The van der Waals surface area contributed by atoms with Crippen molar-refractivity contribution in [3.8, 4) is 33.8 Å². The van der Waals surface area contributed by atoms with Crippen LogP contribution in [0.2, 0.25) is 0 Å². The summed E-state index contributed by atoms with van der Waals surface area (Å²) < 4.78 is 2.02. The average molecular weight is 489 g/mol. The summed E-state index contributed by atoms with van der Waals surface area (Å²) in [7, 11) is 0. The van der Waals surface area contributed by atoms with Gasteiger partial charge in [0.25, 0.3) is 5.56 Å². The Kier molecular flexibility index (Phi) is 5.65. The summed E-state index contributed by atoms with van der Waals surface area (Å²) in [5.74, 6) is 1.44. The fourth-order valence-electron chi connectivity index (χ4n) is 4.76. The summed E-state index contributed by atoms with van der Waals surface area (Å²) in [4.78, 5) is 18.1. The quantitative estimate of drug-likeness (QED) is 0.348. The first-order chi connectivity index (χ1) is 18.1. The van der Waals surface area contributed by atoms with E-state index in [4.69, 9.17) is 4.98 Å². The first kappa shape index (κ1) is 22.5. The Balaban J connectivity index is 1.54. The van der Waals surface area contributed by atoms with Crippen LogP contribution in [0.15, 0.2) is 83.7 Å². The van der Waals surface area contributed by atoms with Crippen molar-refractivity contribution in [2.24, 2.45) is 0 Å². The fraction of sp³-hybridized carbons (Fsp3) is 0.143. The maximum Gasteiger partial charge on any atom is 0.290 e. The number of nitrogens with one attached hydrogen (secondary N) is 2. The van der Waals surface area contributed by atoms with Crippen molar-refractivity contribution in [2.45, 2.75) is 26.3 Å².